The van der Waals surface area contributed by atoms with Gasteiger partial charge in [-0.3, -0.25) is 4.21 Å². The summed E-state index contributed by atoms with van der Waals surface area (Å²) >= 11 is 1.75. The molecule has 1 aliphatic rings. The second kappa shape index (κ2) is 4.26. The maximum atomic E-state index is 12.3. The number of rotatable bonds is 3. The Morgan fingerprint density at radius 2 is 2.12 bits per heavy atom. The lowest BCUT2D eigenvalue weighted by Crippen LogP contribution is -2.42. The molecule has 16 heavy (non-hydrogen) atoms. The third kappa shape index (κ3) is 2.25. The summed E-state index contributed by atoms with van der Waals surface area (Å²) in [6, 6.07) is 2.21. The van der Waals surface area contributed by atoms with Gasteiger partial charge in [0.15, 0.2) is 0 Å². The predicted molar refractivity (Wildman–Crippen MR) is 72.6 cm³/mol. The SMILES string of the molecule is CC(C)(C)S(=O)CC1(c2ccsc2)CCC1. The molecule has 1 saturated carbocycles. The van der Waals surface area contributed by atoms with Crippen molar-refractivity contribution in [1.29, 1.82) is 0 Å². The Labute approximate surface area is 105 Å². The van der Waals surface area contributed by atoms with Crippen LogP contribution < -0.4 is 0 Å². The van der Waals surface area contributed by atoms with E-state index >= 15 is 0 Å². The van der Waals surface area contributed by atoms with Gasteiger partial charge in [-0.05, 0) is 56.0 Å². The highest BCUT2D eigenvalue weighted by atomic mass is 32.2. The topological polar surface area (TPSA) is 17.1 Å². The molecule has 1 fully saturated rings. The first-order chi connectivity index (χ1) is 7.44. The molecule has 1 unspecified atom stereocenters. The number of thiophene rings is 1. The van der Waals surface area contributed by atoms with Crippen LogP contribution in [0.25, 0.3) is 0 Å². The Morgan fingerprint density at radius 1 is 1.44 bits per heavy atom. The van der Waals surface area contributed by atoms with Gasteiger partial charge in [0, 0.05) is 26.7 Å². The molecule has 3 heteroatoms. The van der Waals surface area contributed by atoms with E-state index in [-0.39, 0.29) is 10.2 Å². The fourth-order valence-corrected chi connectivity index (χ4v) is 4.32. The van der Waals surface area contributed by atoms with Gasteiger partial charge in [-0.25, -0.2) is 0 Å². The van der Waals surface area contributed by atoms with Crippen molar-refractivity contribution >= 4 is 22.1 Å². The van der Waals surface area contributed by atoms with E-state index in [4.69, 9.17) is 0 Å². The first-order valence-electron chi connectivity index (χ1n) is 5.85. The van der Waals surface area contributed by atoms with Crippen molar-refractivity contribution in [1.82, 2.24) is 0 Å². The molecule has 1 atom stereocenters. The van der Waals surface area contributed by atoms with Crippen LogP contribution in [0.2, 0.25) is 0 Å². The van der Waals surface area contributed by atoms with Crippen molar-refractivity contribution in [2.75, 3.05) is 5.75 Å². The monoisotopic (exact) mass is 256 g/mol. The lowest BCUT2D eigenvalue weighted by atomic mass is 9.67. The van der Waals surface area contributed by atoms with Crippen LogP contribution in [0.15, 0.2) is 16.8 Å². The molecule has 0 amide bonds. The van der Waals surface area contributed by atoms with Gasteiger partial charge in [-0.2, -0.15) is 11.3 Å². The highest BCUT2D eigenvalue weighted by molar-refractivity contribution is 7.86. The maximum Gasteiger partial charge on any atom is 0.0375 e. The Morgan fingerprint density at radius 3 is 2.50 bits per heavy atom. The summed E-state index contributed by atoms with van der Waals surface area (Å²) in [6.45, 7) is 6.22. The molecule has 0 N–H and O–H groups in total. The fraction of sp³-hybridized carbons (Fsp3) is 0.692. The van der Waals surface area contributed by atoms with E-state index in [0.29, 0.717) is 0 Å². The zero-order chi connectivity index (χ0) is 11.8. The molecular formula is C13H20OS2. The third-order valence-corrected chi connectivity index (χ3v) is 6.40. The van der Waals surface area contributed by atoms with Gasteiger partial charge in [-0.1, -0.05) is 6.42 Å². The van der Waals surface area contributed by atoms with Crippen LogP contribution in [-0.2, 0) is 16.2 Å². The largest absolute Gasteiger partial charge is 0.259 e. The summed E-state index contributed by atoms with van der Waals surface area (Å²) < 4.78 is 12.2. The van der Waals surface area contributed by atoms with Crippen LogP contribution >= 0.6 is 11.3 Å². The highest BCUT2D eigenvalue weighted by Crippen LogP contribution is 2.45. The van der Waals surface area contributed by atoms with Crippen molar-refractivity contribution < 1.29 is 4.21 Å². The summed E-state index contributed by atoms with van der Waals surface area (Å²) in [4.78, 5) is 0. The van der Waals surface area contributed by atoms with E-state index in [0.717, 1.165) is 5.75 Å². The Balaban J connectivity index is 2.15. The Hall–Kier alpha value is -0.150. The first-order valence-corrected chi connectivity index (χ1v) is 8.11. The van der Waals surface area contributed by atoms with Crippen molar-refractivity contribution in [2.45, 2.75) is 50.2 Å². The van der Waals surface area contributed by atoms with Gasteiger partial charge >= 0.3 is 0 Å². The first kappa shape index (κ1) is 12.3. The van der Waals surface area contributed by atoms with Gasteiger partial charge in [-0.15, -0.1) is 0 Å². The quantitative estimate of drug-likeness (QED) is 0.805. The molecule has 0 spiro atoms. The van der Waals surface area contributed by atoms with Crippen molar-refractivity contribution in [2.24, 2.45) is 0 Å². The summed E-state index contributed by atoms with van der Waals surface area (Å²) in [6.07, 6.45) is 3.72. The van der Waals surface area contributed by atoms with E-state index in [1.807, 2.05) is 0 Å². The molecule has 90 valence electrons. The van der Waals surface area contributed by atoms with E-state index in [2.05, 4.69) is 37.6 Å². The maximum absolute atomic E-state index is 12.3. The molecule has 1 heterocycles. The van der Waals surface area contributed by atoms with Gasteiger partial charge < -0.3 is 0 Å². The van der Waals surface area contributed by atoms with E-state index < -0.39 is 10.8 Å². The summed E-state index contributed by atoms with van der Waals surface area (Å²) in [5.74, 6) is 0.841. The van der Waals surface area contributed by atoms with Gasteiger partial charge in [0.25, 0.3) is 0 Å². The Kier molecular flexibility index (Phi) is 3.28. The summed E-state index contributed by atoms with van der Waals surface area (Å²) in [5.41, 5.74) is 1.65. The number of hydrogen-bond donors (Lipinski definition) is 0. The van der Waals surface area contributed by atoms with Gasteiger partial charge in [0.05, 0.1) is 0 Å². The Bertz CT molecular complexity index is 369. The highest BCUT2D eigenvalue weighted by Gasteiger charge is 2.42. The van der Waals surface area contributed by atoms with Crippen LogP contribution in [0.5, 0.6) is 0 Å². The molecule has 0 bridgehead atoms. The minimum atomic E-state index is -0.735. The fourth-order valence-electron chi connectivity index (χ4n) is 2.15. The summed E-state index contributed by atoms with van der Waals surface area (Å²) in [7, 11) is -0.735. The third-order valence-electron chi connectivity index (χ3n) is 3.53. The molecular weight excluding hydrogens is 236 g/mol. The van der Waals surface area contributed by atoms with Gasteiger partial charge in [0.1, 0.15) is 0 Å². The van der Waals surface area contributed by atoms with Crippen molar-refractivity contribution in [3.05, 3.63) is 22.4 Å². The zero-order valence-electron chi connectivity index (χ0n) is 10.3. The minimum Gasteiger partial charge on any atom is -0.259 e. The van der Waals surface area contributed by atoms with Crippen molar-refractivity contribution in [3.63, 3.8) is 0 Å². The molecule has 1 nitrogen and oxygen atoms in total. The normalized spacial score (nSPS) is 21.4. The van der Waals surface area contributed by atoms with Crippen LogP contribution in [0.3, 0.4) is 0 Å². The lowest BCUT2D eigenvalue weighted by Gasteiger charge is -2.42. The average Bonchev–Trinajstić information content (AvgIpc) is 2.61. The van der Waals surface area contributed by atoms with Crippen LogP contribution in [0, 0.1) is 0 Å². The van der Waals surface area contributed by atoms with E-state index in [1.165, 1.54) is 24.8 Å². The zero-order valence-corrected chi connectivity index (χ0v) is 11.9. The molecule has 0 radical (unpaired) electrons. The smallest absolute Gasteiger partial charge is 0.0375 e. The second-order valence-corrected chi connectivity index (χ2v) is 8.73. The lowest BCUT2D eigenvalue weighted by molar-refractivity contribution is 0.277. The van der Waals surface area contributed by atoms with Crippen LogP contribution in [0.1, 0.15) is 45.6 Å². The van der Waals surface area contributed by atoms with Crippen LogP contribution in [-0.4, -0.2) is 14.7 Å². The predicted octanol–water partition coefficient (Wildman–Crippen LogP) is 3.72. The molecule has 0 aliphatic heterocycles. The summed E-state index contributed by atoms with van der Waals surface area (Å²) in [5, 5.41) is 4.37. The standard InChI is InChI=1S/C13H20OS2/c1-12(2,3)16(14)10-13(6-4-7-13)11-5-8-15-9-11/h5,8-9H,4,6-7,10H2,1-3H3. The molecule has 1 aliphatic carbocycles. The minimum absolute atomic E-state index is 0.0847. The molecule has 1 aromatic rings. The van der Waals surface area contributed by atoms with Crippen molar-refractivity contribution in [3.8, 4) is 0 Å². The molecule has 2 rings (SSSR count). The van der Waals surface area contributed by atoms with E-state index in [9.17, 15) is 4.21 Å². The second-order valence-electron chi connectivity index (χ2n) is 5.75. The molecule has 0 saturated heterocycles. The average molecular weight is 256 g/mol. The number of hydrogen-bond acceptors (Lipinski definition) is 2. The molecule has 0 aromatic carbocycles. The molecule has 1 aromatic heterocycles. The van der Waals surface area contributed by atoms with Gasteiger partial charge in [0.2, 0.25) is 0 Å². The van der Waals surface area contributed by atoms with E-state index in [1.54, 1.807) is 11.3 Å². The van der Waals surface area contributed by atoms with Crippen LogP contribution in [0.4, 0.5) is 0 Å².